The second-order valence-electron chi connectivity index (χ2n) is 8.53. The molecule has 0 aromatic carbocycles. The Morgan fingerprint density at radius 3 is 1.26 bits per heavy atom. The molecule has 1 saturated heterocycles. The van der Waals surface area contributed by atoms with Gasteiger partial charge in [-0.1, -0.05) is 0 Å². The van der Waals surface area contributed by atoms with E-state index in [4.69, 9.17) is 22.9 Å². The first-order valence-corrected chi connectivity index (χ1v) is 10.8. The maximum atomic E-state index is 5.96. The van der Waals surface area contributed by atoms with Crippen LogP contribution in [0.3, 0.4) is 0 Å². The molecule has 4 atom stereocenters. The molecule has 1 aliphatic heterocycles. The molecular weight excluding hydrogens is 436 g/mol. The lowest BCUT2D eigenvalue weighted by Crippen LogP contribution is -2.66. The number of hydrogen-bond donors (Lipinski definition) is 4. The summed E-state index contributed by atoms with van der Waals surface area (Å²) < 4.78 is 0. The van der Waals surface area contributed by atoms with E-state index in [1.165, 1.54) is 0 Å². The Morgan fingerprint density at radius 1 is 0.559 bits per heavy atom. The average Bonchev–Trinajstić information content (AvgIpc) is 2.77. The van der Waals surface area contributed by atoms with Crippen LogP contribution in [0.4, 0.5) is 35.4 Å². The van der Waals surface area contributed by atoms with Gasteiger partial charge in [-0.25, -0.2) is 9.97 Å². The molecular formula is C20H26N14. The van der Waals surface area contributed by atoms with Crippen LogP contribution in [0.2, 0.25) is 0 Å². The number of aromatic nitrogens is 8. The van der Waals surface area contributed by atoms with Crippen molar-refractivity contribution in [2.45, 2.75) is 51.9 Å². The predicted molar refractivity (Wildman–Crippen MR) is 131 cm³/mol. The van der Waals surface area contributed by atoms with Crippen molar-refractivity contribution in [3.63, 3.8) is 0 Å². The van der Waals surface area contributed by atoms with Gasteiger partial charge in [0.15, 0.2) is 11.3 Å². The van der Waals surface area contributed by atoms with Crippen LogP contribution < -0.4 is 32.7 Å². The van der Waals surface area contributed by atoms with Gasteiger partial charge < -0.3 is 32.7 Å². The molecule has 4 aromatic heterocycles. The van der Waals surface area contributed by atoms with E-state index in [1.807, 2.05) is 0 Å². The summed E-state index contributed by atoms with van der Waals surface area (Å²) in [4.78, 5) is 39.2. The molecule has 14 nitrogen and oxygen atoms in total. The van der Waals surface area contributed by atoms with E-state index in [-0.39, 0.29) is 47.7 Å². The SMILES string of the molecule is CC1C(C)N(c2ncc3c(N)nc(N)nc3n2)C(C)C(C)N1c1ncc2c(N)nc(N)nc2n1. The molecule has 0 spiro atoms. The fourth-order valence-corrected chi connectivity index (χ4v) is 4.54. The topological polar surface area (TPSA) is 214 Å². The van der Waals surface area contributed by atoms with Crippen LogP contribution in [0.1, 0.15) is 27.7 Å². The van der Waals surface area contributed by atoms with Gasteiger partial charge in [-0.05, 0) is 27.7 Å². The minimum atomic E-state index is 0.0000150. The zero-order valence-corrected chi connectivity index (χ0v) is 19.2. The minimum absolute atomic E-state index is 0.0000150. The summed E-state index contributed by atoms with van der Waals surface area (Å²) >= 11 is 0. The summed E-state index contributed by atoms with van der Waals surface area (Å²) in [5.74, 6) is 1.72. The third-order valence-electron chi connectivity index (χ3n) is 6.59. The molecule has 34 heavy (non-hydrogen) atoms. The van der Waals surface area contributed by atoms with Crippen LogP contribution in [-0.4, -0.2) is 64.0 Å². The smallest absolute Gasteiger partial charge is 0.228 e. The van der Waals surface area contributed by atoms with Gasteiger partial charge in [0, 0.05) is 36.6 Å². The second kappa shape index (κ2) is 7.60. The quantitative estimate of drug-likeness (QED) is 0.316. The Morgan fingerprint density at radius 2 is 0.912 bits per heavy atom. The summed E-state index contributed by atoms with van der Waals surface area (Å²) in [6.07, 6.45) is 3.27. The lowest BCUT2D eigenvalue weighted by Gasteiger charge is -2.52. The monoisotopic (exact) mass is 462 g/mol. The predicted octanol–water partition coefficient (Wildman–Crippen LogP) is 0.362. The average molecular weight is 463 g/mol. The van der Waals surface area contributed by atoms with Gasteiger partial charge in [-0.2, -0.15) is 29.9 Å². The molecule has 1 aliphatic rings. The van der Waals surface area contributed by atoms with E-state index < -0.39 is 0 Å². The molecule has 0 aliphatic carbocycles. The van der Waals surface area contributed by atoms with Gasteiger partial charge in [-0.15, -0.1) is 0 Å². The summed E-state index contributed by atoms with van der Waals surface area (Å²) in [7, 11) is 0. The Kier molecular flexibility index (Phi) is 4.81. The van der Waals surface area contributed by atoms with E-state index >= 15 is 0 Å². The zero-order chi connectivity index (χ0) is 24.3. The summed E-state index contributed by atoms with van der Waals surface area (Å²) in [6, 6.07) is 0.0000598. The number of nitrogen functional groups attached to an aromatic ring is 4. The Hall–Kier alpha value is -4.36. The third kappa shape index (κ3) is 3.25. The van der Waals surface area contributed by atoms with Crippen molar-refractivity contribution in [1.29, 1.82) is 0 Å². The molecule has 0 amide bonds. The van der Waals surface area contributed by atoms with E-state index in [0.29, 0.717) is 34.0 Å². The van der Waals surface area contributed by atoms with Gasteiger partial charge >= 0.3 is 0 Å². The lowest BCUT2D eigenvalue weighted by molar-refractivity contribution is 0.337. The fourth-order valence-electron chi connectivity index (χ4n) is 4.54. The highest BCUT2D eigenvalue weighted by Gasteiger charge is 2.42. The van der Waals surface area contributed by atoms with Gasteiger partial charge in [0.2, 0.25) is 23.8 Å². The maximum absolute atomic E-state index is 5.96. The molecule has 0 radical (unpaired) electrons. The normalized spacial score (nSPS) is 23.1. The van der Waals surface area contributed by atoms with Crippen LogP contribution >= 0.6 is 0 Å². The van der Waals surface area contributed by atoms with Crippen molar-refractivity contribution in [2.24, 2.45) is 0 Å². The highest BCUT2D eigenvalue weighted by atomic mass is 15.4. The molecule has 176 valence electrons. The van der Waals surface area contributed by atoms with Crippen molar-refractivity contribution in [1.82, 2.24) is 39.9 Å². The molecule has 14 heteroatoms. The van der Waals surface area contributed by atoms with Crippen molar-refractivity contribution in [3.8, 4) is 0 Å². The first kappa shape index (κ1) is 21.5. The minimum Gasteiger partial charge on any atom is -0.383 e. The zero-order valence-electron chi connectivity index (χ0n) is 19.2. The largest absolute Gasteiger partial charge is 0.383 e. The molecule has 4 aromatic rings. The molecule has 5 rings (SSSR count). The molecule has 0 bridgehead atoms. The maximum Gasteiger partial charge on any atom is 0.228 e. The number of anilines is 6. The van der Waals surface area contributed by atoms with Gasteiger partial charge in [0.05, 0.1) is 10.8 Å². The van der Waals surface area contributed by atoms with E-state index in [2.05, 4.69) is 77.4 Å². The highest BCUT2D eigenvalue weighted by Crippen LogP contribution is 2.33. The number of hydrogen-bond acceptors (Lipinski definition) is 14. The summed E-state index contributed by atoms with van der Waals surface area (Å²) in [5.41, 5.74) is 24.3. The van der Waals surface area contributed by atoms with Gasteiger partial charge in [0.1, 0.15) is 11.6 Å². The Labute approximate surface area is 194 Å². The standard InChI is InChI=1S/C20H26N14/c1-7-8(2)34(20-26-6-12-14(22)28-18(24)30-16(12)32-20)10(4)9(3)33(7)19-25-5-11-13(21)27-17(23)29-15(11)31-19/h5-10H,1-4H3,(H4,21,23,25,27,29,31)(H4,22,24,26,28,30,32). The van der Waals surface area contributed by atoms with Gasteiger partial charge in [-0.3, -0.25) is 0 Å². The van der Waals surface area contributed by atoms with Crippen LogP contribution in [0.15, 0.2) is 12.4 Å². The van der Waals surface area contributed by atoms with Crippen molar-refractivity contribution < 1.29 is 0 Å². The van der Waals surface area contributed by atoms with Crippen molar-refractivity contribution >= 4 is 57.5 Å². The molecule has 0 saturated carbocycles. The van der Waals surface area contributed by atoms with E-state index in [9.17, 15) is 0 Å². The molecule has 1 fully saturated rings. The lowest BCUT2D eigenvalue weighted by atomic mass is 9.95. The summed E-state index contributed by atoms with van der Waals surface area (Å²) in [5, 5.41) is 1.12. The van der Waals surface area contributed by atoms with Crippen LogP contribution in [0.25, 0.3) is 22.1 Å². The Bertz CT molecular complexity index is 1280. The number of nitrogens with zero attached hydrogens (tertiary/aromatic N) is 10. The number of nitrogens with two attached hydrogens (primary N) is 4. The Balaban J connectivity index is 1.53. The molecule has 8 N–H and O–H groups in total. The summed E-state index contributed by atoms with van der Waals surface area (Å²) in [6.45, 7) is 8.43. The van der Waals surface area contributed by atoms with E-state index in [1.54, 1.807) is 12.4 Å². The third-order valence-corrected chi connectivity index (χ3v) is 6.59. The van der Waals surface area contributed by atoms with Crippen LogP contribution in [0, 0.1) is 0 Å². The van der Waals surface area contributed by atoms with Gasteiger partial charge in [0.25, 0.3) is 0 Å². The van der Waals surface area contributed by atoms with Crippen molar-refractivity contribution in [3.05, 3.63) is 12.4 Å². The second-order valence-corrected chi connectivity index (χ2v) is 8.53. The van der Waals surface area contributed by atoms with E-state index in [0.717, 1.165) is 0 Å². The highest BCUT2D eigenvalue weighted by molar-refractivity contribution is 5.87. The fraction of sp³-hybridized carbons (Fsp3) is 0.400. The van der Waals surface area contributed by atoms with Crippen LogP contribution in [-0.2, 0) is 0 Å². The molecule has 5 heterocycles. The van der Waals surface area contributed by atoms with Crippen LogP contribution in [0.5, 0.6) is 0 Å². The number of fused-ring (bicyclic) bond motifs is 2. The first-order valence-electron chi connectivity index (χ1n) is 10.8. The molecule has 4 unspecified atom stereocenters. The number of piperazine rings is 1. The first-order chi connectivity index (χ1) is 16.2. The number of rotatable bonds is 2. The van der Waals surface area contributed by atoms with Crippen molar-refractivity contribution in [2.75, 3.05) is 32.7 Å².